The zero-order valence-electron chi connectivity index (χ0n) is 12.0. The van der Waals surface area contributed by atoms with Crippen LogP contribution in [0.4, 0.5) is 5.69 Å². The number of carbonyl (C=O) groups is 1. The molecule has 2 aromatic carbocycles. The van der Waals surface area contributed by atoms with Gasteiger partial charge in [-0.1, -0.05) is 40.2 Å². The molecule has 110 valence electrons. The number of para-hydroxylation sites is 1. The van der Waals surface area contributed by atoms with Crippen LogP contribution >= 0.6 is 15.9 Å². The van der Waals surface area contributed by atoms with Gasteiger partial charge in [-0.3, -0.25) is 4.79 Å². The normalized spacial score (nSPS) is 10.2. The summed E-state index contributed by atoms with van der Waals surface area (Å²) in [6.45, 7) is 3.00. The van der Waals surface area contributed by atoms with E-state index >= 15 is 0 Å². The first-order chi connectivity index (χ1) is 10.2. The van der Waals surface area contributed by atoms with Crippen molar-refractivity contribution < 1.29 is 9.53 Å². The number of halogens is 1. The van der Waals surface area contributed by atoms with Crippen molar-refractivity contribution in [2.24, 2.45) is 0 Å². The molecule has 0 radical (unpaired) electrons. The average Bonchev–Trinajstić information content (AvgIpc) is 2.49. The number of carbonyl (C=O) groups excluding carboxylic acids is 1. The maximum absolute atomic E-state index is 12.3. The lowest BCUT2D eigenvalue weighted by Gasteiger charge is -2.21. The number of hydrogen-bond acceptors (Lipinski definition) is 2. The van der Waals surface area contributed by atoms with E-state index in [1.165, 1.54) is 0 Å². The van der Waals surface area contributed by atoms with Crippen LogP contribution in [-0.2, 0) is 4.79 Å². The molecule has 1 amide bonds. The van der Waals surface area contributed by atoms with Crippen LogP contribution in [-0.4, -0.2) is 19.1 Å². The Kier molecular flexibility index (Phi) is 5.81. The first-order valence-corrected chi connectivity index (χ1v) is 7.74. The van der Waals surface area contributed by atoms with Crippen molar-refractivity contribution in [3.8, 4) is 5.75 Å². The van der Waals surface area contributed by atoms with Gasteiger partial charge in [-0.2, -0.15) is 0 Å². The van der Waals surface area contributed by atoms with Crippen molar-refractivity contribution in [3.63, 3.8) is 0 Å². The SMILES string of the molecule is CCN(C(=O)CCOc1cccc(Br)c1)c1ccccc1. The molecule has 0 fully saturated rings. The van der Waals surface area contributed by atoms with Gasteiger partial charge in [0.1, 0.15) is 5.75 Å². The number of nitrogens with zero attached hydrogens (tertiary/aromatic N) is 1. The molecule has 2 aromatic rings. The fraction of sp³-hybridized carbons (Fsp3) is 0.235. The Hall–Kier alpha value is -1.81. The zero-order chi connectivity index (χ0) is 15.1. The molecule has 0 N–H and O–H groups in total. The highest BCUT2D eigenvalue weighted by Crippen LogP contribution is 2.18. The molecule has 0 heterocycles. The predicted octanol–water partition coefficient (Wildman–Crippen LogP) is 4.27. The van der Waals surface area contributed by atoms with Crippen LogP contribution < -0.4 is 9.64 Å². The lowest BCUT2D eigenvalue weighted by Crippen LogP contribution is -2.31. The van der Waals surface area contributed by atoms with Crippen molar-refractivity contribution in [2.75, 3.05) is 18.1 Å². The van der Waals surface area contributed by atoms with Gasteiger partial charge in [0.2, 0.25) is 5.91 Å². The lowest BCUT2D eigenvalue weighted by atomic mass is 10.2. The van der Waals surface area contributed by atoms with E-state index in [2.05, 4.69) is 15.9 Å². The monoisotopic (exact) mass is 347 g/mol. The van der Waals surface area contributed by atoms with Gasteiger partial charge in [-0.05, 0) is 37.3 Å². The second-order valence-electron chi connectivity index (χ2n) is 4.53. The summed E-state index contributed by atoms with van der Waals surface area (Å²) < 4.78 is 6.57. The van der Waals surface area contributed by atoms with Gasteiger partial charge in [0, 0.05) is 16.7 Å². The highest BCUT2D eigenvalue weighted by atomic mass is 79.9. The Morgan fingerprint density at radius 3 is 2.57 bits per heavy atom. The van der Waals surface area contributed by atoms with Crippen molar-refractivity contribution in [3.05, 3.63) is 59.1 Å². The van der Waals surface area contributed by atoms with Gasteiger partial charge >= 0.3 is 0 Å². The number of hydrogen-bond donors (Lipinski definition) is 0. The molecule has 4 heteroatoms. The van der Waals surface area contributed by atoms with Crippen LogP contribution in [0.2, 0.25) is 0 Å². The number of ether oxygens (including phenoxy) is 1. The van der Waals surface area contributed by atoms with Crippen LogP contribution in [0, 0.1) is 0 Å². The van der Waals surface area contributed by atoms with Crippen LogP contribution in [0.5, 0.6) is 5.75 Å². The van der Waals surface area contributed by atoms with E-state index < -0.39 is 0 Å². The van der Waals surface area contributed by atoms with Crippen LogP contribution in [0.25, 0.3) is 0 Å². The third-order valence-electron chi connectivity index (χ3n) is 3.07. The third-order valence-corrected chi connectivity index (χ3v) is 3.56. The zero-order valence-corrected chi connectivity index (χ0v) is 13.5. The second kappa shape index (κ2) is 7.84. The van der Waals surface area contributed by atoms with Crippen molar-refractivity contribution in [2.45, 2.75) is 13.3 Å². The van der Waals surface area contributed by atoms with Crippen molar-refractivity contribution in [1.29, 1.82) is 0 Å². The van der Waals surface area contributed by atoms with E-state index in [1.807, 2.05) is 61.5 Å². The summed E-state index contributed by atoms with van der Waals surface area (Å²) in [5, 5.41) is 0. The highest BCUT2D eigenvalue weighted by Gasteiger charge is 2.13. The molecular formula is C17H18BrNO2. The minimum absolute atomic E-state index is 0.0682. The number of benzene rings is 2. The minimum Gasteiger partial charge on any atom is -0.493 e. The van der Waals surface area contributed by atoms with Gasteiger partial charge in [-0.15, -0.1) is 0 Å². The molecule has 0 aromatic heterocycles. The fourth-order valence-electron chi connectivity index (χ4n) is 2.06. The van der Waals surface area contributed by atoms with Crippen molar-refractivity contribution in [1.82, 2.24) is 0 Å². The maximum atomic E-state index is 12.3. The first-order valence-electron chi connectivity index (χ1n) is 6.94. The maximum Gasteiger partial charge on any atom is 0.230 e. The number of anilines is 1. The molecular weight excluding hydrogens is 330 g/mol. The van der Waals surface area contributed by atoms with Gasteiger partial charge in [-0.25, -0.2) is 0 Å². The quantitative estimate of drug-likeness (QED) is 0.780. The predicted molar refractivity (Wildman–Crippen MR) is 88.7 cm³/mol. The van der Waals surface area contributed by atoms with Crippen LogP contribution in [0.3, 0.4) is 0 Å². The Morgan fingerprint density at radius 1 is 1.14 bits per heavy atom. The summed E-state index contributed by atoms with van der Waals surface area (Å²) in [5.74, 6) is 0.832. The standard InChI is InChI=1S/C17H18BrNO2/c1-2-19(15-8-4-3-5-9-15)17(20)11-12-21-16-10-6-7-14(18)13-16/h3-10,13H,2,11-12H2,1H3. The fourth-order valence-corrected chi connectivity index (χ4v) is 2.44. The molecule has 0 aliphatic rings. The molecule has 0 aliphatic heterocycles. The number of rotatable bonds is 6. The molecule has 0 bridgehead atoms. The Labute approximate surface area is 133 Å². The highest BCUT2D eigenvalue weighted by molar-refractivity contribution is 9.10. The molecule has 21 heavy (non-hydrogen) atoms. The summed E-state index contributed by atoms with van der Waals surface area (Å²) in [4.78, 5) is 14.0. The first kappa shape index (κ1) is 15.6. The summed E-state index contributed by atoms with van der Waals surface area (Å²) in [6, 6.07) is 17.3. The smallest absolute Gasteiger partial charge is 0.230 e. The van der Waals surface area contributed by atoms with Gasteiger partial charge in [0.25, 0.3) is 0 Å². The molecule has 0 atom stereocenters. The van der Waals surface area contributed by atoms with Gasteiger partial charge in [0.05, 0.1) is 13.0 Å². The lowest BCUT2D eigenvalue weighted by molar-refractivity contribution is -0.119. The minimum atomic E-state index is 0.0682. The second-order valence-corrected chi connectivity index (χ2v) is 5.45. The van der Waals surface area contributed by atoms with E-state index in [9.17, 15) is 4.79 Å². The van der Waals surface area contributed by atoms with Crippen LogP contribution in [0.1, 0.15) is 13.3 Å². The summed E-state index contributed by atoms with van der Waals surface area (Å²) in [6.07, 6.45) is 0.356. The molecule has 3 nitrogen and oxygen atoms in total. The Morgan fingerprint density at radius 2 is 1.90 bits per heavy atom. The third kappa shape index (κ3) is 4.60. The summed E-state index contributed by atoms with van der Waals surface area (Å²) in [5.41, 5.74) is 0.924. The topological polar surface area (TPSA) is 29.5 Å². The van der Waals surface area contributed by atoms with Gasteiger partial charge in [0.15, 0.2) is 0 Å². The van der Waals surface area contributed by atoms with Crippen molar-refractivity contribution >= 4 is 27.5 Å². The molecule has 0 spiro atoms. The molecule has 0 saturated carbocycles. The van der Waals surface area contributed by atoms with Gasteiger partial charge < -0.3 is 9.64 Å². The van der Waals surface area contributed by atoms with Crippen LogP contribution in [0.15, 0.2) is 59.1 Å². The molecule has 0 unspecified atom stereocenters. The molecule has 2 rings (SSSR count). The van der Waals surface area contributed by atoms with E-state index in [4.69, 9.17) is 4.74 Å². The van der Waals surface area contributed by atoms with E-state index in [0.29, 0.717) is 19.6 Å². The summed E-state index contributed by atoms with van der Waals surface area (Å²) >= 11 is 3.39. The van der Waals surface area contributed by atoms with E-state index in [-0.39, 0.29) is 5.91 Å². The Bertz CT molecular complexity index is 586. The average molecular weight is 348 g/mol. The van der Waals surface area contributed by atoms with E-state index in [0.717, 1.165) is 15.9 Å². The molecule has 0 saturated heterocycles. The largest absolute Gasteiger partial charge is 0.493 e. The summed E-state index contributed by atoms with van der Waals surface area (Å²) in [7, 11) is 0. The molecule has 0 aliphatic carbocycles. The number of amides is 1. The Balaban J connectivity index is 1.89. The van der Waals surface area contributed by atoms with E-state index in [1.54, 1.807) is 4.90 Å².